The van der Waals surface area contributed by atoms with Crippen molar-refractivity contribution in [3.8, 4) is 0 Å². The zero-order valence-corrected chi connectivity index (χ0v) is 18.7. The highest BCUT2D eigenvalue weighted by Gasteiger charge is 2.26. The quantitative estimate of drug-likeness (QED) is 0.0798. The van der Waals surface area contributed by atoms with Crippen LogP contribution in [0, 0.1) is 0 Å². The van der Waals surface area contributed by atoms with Crippen molar-refractivity contribution in [2.75, 3.05) is 39.3 Å². The third-order valence-electron chi connectivity index (χ3n) is 4.21. The summed E-state index contributed by atoms with van der Waals surface area (Å²) in [5, 5.41) is 57.3. The van der Waals surface area contributed by atoms with Crippen molar-refractivity contribution < 1.29 is 69.0 Å². The van der Waals surface area contributed by atoms with Gasteiger partial charge in [0.05, 0.1) is 39.0 Å². The molecule has 18 heteroatoms. The highest BCUT2D eigenvalue weighted by Crippen LogP contribution is 1.99. The van der Waals surface area contributed by atoms with Gasteiger partial charge in [0.25, 0.3) is 0 Å². The van der Waals surface area contributed by atoms with Gasteiger partial charge >= 0.3 is 35.8 Å². The molecule has 36 heavy (non-hydrogen) atoms. The Hall–Kier alpha value is -4.32. The molecule has 0 saturated carbocycles. The minimum atomic E-state index is -1.79. The van der Waals surface area contributed by atoms with Crippen molar-refractivity contribution >= 4 is 47.6 Å². The molecule has 2 atom stereocenters. The Morgan fingerprint density at radius 1 is 0.500 bits per heavy atom. The zero-order valence-electron chi connectivity index (χ0n) is 18.7. The Bertz CT molecular complexity index is 806. The Balaban J connectivity index is 5.27. The molecule has 2 unspecified atom stereocenters. The number of nitrogens with zero attached hydrogens (tertiary/aromatic N) is 2. The van der Waals surface area contributed by atoms with Gasteiger partial charge in [0.1, 0.15) is 12.1 Å². The van der Waals surface area contributed by atoms with Crippen LogP contribution < -0.4 is 10.6 Å². The van der Waals surface area contributed by atoms with Gasteiger partial charge in [0, 0.05) is 13.1 Å². The smallest absolute Gasteiger partial charge is 0.326 e. The average Bonchev–Trinajstić information content (AvgIpc) is 2.69. The standard InChI is InChI=1S/C18H26N4O14/c23-11(19-9(17(33)34)3-13(25)26)5-21(7-15(29)30)1-2-22(8-16(31)32)6-12(24)20-10(18(35)36)4-14(27)28/h9-10H,1-8H2,(H,19,23)(H,20,24)(H,25,26)(H,27,28)(H,29,30)(H,31,32)(H,33,34)(H,35,36). The monoisotopic (exact) mass is 522 g/mol. The molecular formula is C18H26N4O14. The lowest BCUT2D eigenvalue weighted by Gasteiger charge is -2.26. The molecule has 0 aliphatic heterocycles. The Labute approximate surface area is 202 Å². The van der Waals surface area contributed by atoms with Crippen LogP contribution in [0.25, 0.3) is 0 Å². The molecule has 0 aromatic heterocycles. The molecule has 0 spiro atoms. The number of carboxylic acid groups (broad SMARTS) is 6. The predicted molar refractivity (Wildman–Crippen MR) is 112 cm³/mol. The fraction of sp³-hybridized carbons (Fsp3) is 0.556. The molecule has 8 N–H and O–H groups in total. The van der Waals surface area contributed by atoms with Crippen molar-refractivity contribution in [2.45, 2.75) is 24.9 Å². The number of nitrogens with one attached hydrogen (secondary N) is 2. The summed E-state index contributed by atoms with van der Waals surface area (Å²) < 4.78 is 0. The molecule has 0 aliphatic carbocycles. The lowest BCUT2D eigenvalue weighted by molar-refractivity contribution is -0.147. The number of carbonyl (C=O) groups excluding carboxylic acids is 2. The second kappa shape index (κ2) is 15.6. The largest absolute Gasteiger partial charge is 0.481 e. The lowest BCUT2D eigenvalue weighted by Crippen LogP contribution is -2.50. The number of hydrogen-bond donors (Lipinski definition) is 8. The fourth-order valence-corrected chi connectivity index (χ4v) is 2.73. The zero-order chi connectivity index (χ0) is 28.0. The maximum Gasteiger partial charge on any atom is 0.326 e. The summed E-state index contributed by atoms with van der Waals surface area (Å²) in [7, 11) is 0. The highest BCUT2D eigenvalue weighted by molar-refractivity contribution is 5.88. The summed E-state index contributed by atoms with van der Waals surface area (Å²) in [5.74, 6) is -11.2. The third kappa shape index (κ3) is 14.8. The number of hydrogen-bond acceptors (Lipinski definition) is 10. The van der Waals surface area contributed by atoms with Crippen LogP contribution in [0.2, 0.25) is 0 Å². The topological polar surface area (TPSA) is 288 Å². The molecule has 0 aromatic rings. The average molecular weight is 522 g/mol. The van der Waals surface area contributed by atoms with E-state index in [1.165, 1.54) is 0 Å². The van der Waals surface area contributed by atoms with E-state index in [-0.39, 0.29) is 13.1 Å². The maximum atomic E-state index is 12.1. The summed E-state index contributed by atoms with van der Waals surface area (Å²) >= 11 is 0. The van der Waals surface area contributed by atoms with Crippen LogP contribution in [0.4, 0.5) is 0 Å². The van der Waals surface area contributed by atoms with E-state index < -0.39 is 98.7 Å². The van der Waals surface area contributed by atoms with E-state index in [0.717, 1.165) is 9.80 Å². The maximum absolute atomic E-state index is 12.1. The summed E-state index contributed by atoms with van der Waals surface area (Å²) in [4.78, 5) is 92.0. The molecule has 0 aliphatic rings. The Morgan fingerprint density at radius 2 is 0.806 bits per heavy atom. The van der Waals surface area contributed by atoms with Crippen LogP contribution in [0.5, 0.6) is 0 Å². The normalized spacial score (nSPS) is 12.4. The van der Waals surface area contributed by atoms with Crippen LogP contribution in [0.1, 0.15) is 12.8 Å². The number of amides is 2. The lowest BCUT2D eigenvalue weighted by atomic mass is 10.2. The minimum absolute atomic E-state index is 0.339. The van der Waals surface area contributed by atoms with Crippen molar-refractivity contribution in [1.82, 2.24) is 20.4 Å². The molecule has 2 amide bonds. The number of carbonyl (C=O) groups is 8. The van der Waals surface area contributed by atoms with Gasteiger partial charge in [-0.2, -0.15) is 0 Å². The summed E-state index contributed by atoms with van der Waals surface area (Å²) in [6, 6.07) is -3.58. The van der Waals surface area contributed by atoms with E-state index >= 15 is 0 Å². The first kappa shape index (κ1) is 31.7. The second-order valence-electron chi connectivity index (χ2n) is 7.32. The van der Waals surface area contributed by atoms with Gasteiger partial charge in [0.2, 0.25) is 11.8 Å². The summed E-state index contributed by atoms with van der Waals surface area (Å²) in [5.41, 5.74) is 0. The second-order valence-corrected chi connectivity index (χ2v) is 7.32. The third-order valence-corrected chi connectivity index (χ3v) is 4.21. The van der Waals surface area contributed by atoms with Crippen LogP contribution in [-0.2, 0) is 38.4 Å². The van der Waals surface area contributed by atoms with E-state index in [2.05, 4.69) is 0 Å². The number of aliphatic carboxylic acids is 6. The SMILES string of the molecule is O=C(O)CC(NC(=O)CN(CCN(CC(=O)O)CC(=O)NC(CC(=O)O)C(=O)O)CC(=O)O)C(=O)O. The number of carboxylic acids is 6. The Kier molecular flexibility index (Phi) is 13.7. The molecule has 0 radical (unpaired) electrons. The van der Waals surface area contributed by atoms with Gasteiger partial charge in [-0.05, 0) is 0 Å². The van der Waals surface area contributed by atoms with Gasteiger partial charge in [-0.1, -0.05) is 0 Å². The van der Waals surface area contributed by atoms with Crippen LogP contribution in [0.15, 0.2) is 0 Å². The molecule has 0 heterocycles. The molecule has 0 aromatic carbocycles. The molecule has 202 valence electrons. The summed E-state index contributed by atoms with van der Waals surface area (Å²) in [6.45, 7) is -3.65. The molecule has 0 bridgehead atoms. The number of rotatable bonds is 19. The van der Waals surface area contributed by atoms with Crippen molar-refractivity contribution in [1.29, 1.82) is 0 Å². The van der Waals surface area contributed by atoms with E-state index in [4.69, 9.17) is 30.6 Å². The van der Waals surface area contributed by atoms with Crippen LogP contribution >= 0.6 is 0 Å². The van der Waals surface area contributed by atoms with Gasteiger partial charge in [-0.15, -0.1) is 0 Å². The molecular weight excluding hydrogens is 496 g/mol. The van der Waals surface area contributed by atoms with E-state index in [0.29, 0.717) is 0 Å². The predicted octanol–water partition coefficient (Wildman–Crippen LogP) is -4.15. The van der Waals surface area contributed by atoms with Crippen molar-refractivity contribution in [2.24, 2.45) is 0 Å². The minimum Gasteiger partial charge on any atom is -0.481 e. The highest BCUT2D eigenvalue weighted by atomic mass is 16.4. The first-order valence-corrected chi connectivity index (χ1v) is 9.96. The van der Waals surface area contributed by atoms with E-state index in [1.54, 1.807) is 0 Å². The first-order valence-electron chi connectivity index (χ1n) is 9.96. The first-order chi connectivity index (χ1) is 16.6. The molecule has 0 saturated heterocycles. The fourth-order valence-electron chi connectivity index (χ4n) is 2.73. The summed E-state index contributed by atoms with van der Waals surface area (Å²) in [6.07, 6.45) is -1.89. The van der Waals surface area contributed by atoms with E-state index in [1.807, 2.05) is 10.6 Å². The van der Waals surface area contributed by atoms with E-state index in [9.17, 15) is 38.4 Å². The molecule has 0 rings (SSSR count). The van der Waals surface area contributed by atoms with Crippen LogP contribution in [-0.4, -0.2) is 139 Å². The van der Waals surface area contributed by atoms with Gasteiger partial charge in [0.15, 0.2) is 0 Å². The van der Waals surface area contributed by atoms with Gasteiger partial charge in [-0.3, -0.25) is 38.6 Å². The van der Waals surface area contributed by atoms with Crippen LogP contribution in [0.3, 0.4) is 0 Å². The Morgan fingerprint density at radius 3 is 1.03 bits per heavy atom. The van der Waals surface area contributed by atoms with Gasteiger partial charge in [-0.25, -0.2) is 9.59 Å². The molecule has 0 fully saturated rings. The van der Waals surface area contributed by atoms with Crippen molar-refractivity contribution in [3.63, 3.8) is 0 Å². The molecule has 18 nitrogen and oxygen atoms in total. The van der Waals surface area contributed by atoms with Crippen molar-refractivity contribution in [3.05, 3.63) is 0 Å². The van der Waals surface area contributed by atoms with Gasteiger partial charge < -0.3 is 41.3 Å².